The molecule has 19 heavy (non-hydrogen) atoms. The summed E-state index contributed by atoms with van der Waals surface area (Å²) in [6.07, 6.45) is 4.98. The number of hydrogen-bond acceptors (Lipinski definition) is 4. The summed E-state index contributed by atoms with van der Waals surface area (Å²) >= 11 is 1.58. The molecular weight excluding hydrogens is 258 g/mol. The van der Waals surface area contributed by atoms with Gasteiger partial charge in [0.05, 0.1) is 17.4 Å². The van der Waals surface area contributed by atoms with Crippen molar-refractivity contribution in [2.45, 2.75) is 24.1 Å². The van der Waals surface area contributed by atoms with E-state index >= 15 is 0 Å². The lowest BCUT2D eigenvalue weighted by atomic mass is 10.2. The van der Waals surface area contributed by atoms with Crippen LogP contribution in [0.25, 0.3) is 0 Å². The maximum atomic E-state index is 12.2. The van der Waals surface area contributed by atoms with Crippen LogP contribution < -0.4 is 5.32 Å². The molecule has 0 radical (unpaired) electrons. The fourth-order valence-electron chi connectivity index (χ4n) is 1.52. The Balaban J connectivity index is 2.19. The van der Waals surface area contributed by atoms with Crippen LogP contribution in [0.1, 0.15) is 24.2 Å². The number of pyridine rings is 2. The number of rotatable bonds is 4. The van der Waals surface area contributed by atoms with Gasteiger partial charge >= 0.3 is 0 Å². The van der Waals surface area contributed by atoms with Crippen molar-refractivity contribution in [1.82, 2.24) is 9.97 Å². The van der Waals surface area contributed by atoms with E-state index in [9.17, 15) is 4.79 Å². The zero-order valence-electron chi connectivity index (χ0n) is 10.8. The van der Waals surface area contributed by atoms with Crippen LogP contribution >= 0.6 is 11.8 Å². The van der Waals surface area contributed by atoms with E-state index < -0.39 is 0 Å². The molecule has 0 aromatic carbocycles. The molecular formula is C14H15N3OS. The molecule has 0 spiro atoms. The van der Waals surface area contributed by atoms with Crippen LogP contribution in [-0.2, 0) is 0 Å². The first-order chi connectivity index (χ1) is 9.16. The van der Waals surface area contributed by atoms with E-state index in [4.69, 9.17) is 0 Å². The van der Waals surface area contributed by atoms with Crippen LogP contribution in [0, 0.1) is 0 Å². The Morgan fingerprint density at radius 2 is 2.05 bits per heavy atom. The lowest BCUT2D eigenvalue weighted by Crippen LogP contribution is -2.14. The van der Waals surface area contributed by atoms with Crippen LogP contribution in [0.3, 0.4) is 0 Å². The monoisotopic (exact) mass is 273 g/mol. The third-order valence-electron chi connectivity index (χ3n) is 2.28. The van der Waals surface area contributed by atoms with Crippen LogP contribution in [0.4, 0.5) is 5.69 Å². The van der Waals surface area contributed by atoms with Crippen molar-refractivity contribution < 1.29 is 4.79 Å². The van der Waals surface area contributed by atoms with Gasteiger partial charge in [0.15, 0.2) is 0 Å². The number of carbonyl (C=O) groups excluding carboxylic acids is 1. The normalized spacial score (nSPS) is 10.5. The summed E-state index contributed by atoms with van der Waals surface area (Å²) in [4.78, 5) is 20.5. The number of aromatic nitrogens is 2. The van der Waals surface area contributed by atoms with Crippen molar-refractivity contribution in [3.8, 4) is 0 Å². The van der Waals surface area contributed by atoms with E-state index in [0.717, 1.165) is 5.03 Å². The summed E-state index contributed by atoms with van der Waals surface area (Å²) < 4.78 is 0. The zero-order valence-corrected chi connectivity index (χ0v) is 11.6. The molecule has 0 unspecified atom stereocenters. The number of hydrogen-bond donors (Lipinski definition) is 1. The van der Waals surface area contributed by atoms with E-state index in [1.54, 1.807) is 54.6 Å². The van der Waals surface area contributed by atoms with E-state index in [2.05, 4.69) is 29.1 Å². The topological polar surface area (TPSA) is 54.9 Å². The van der Waals surface area contributed by atoms with Gasteiger partial charge in [-0.1, -0.05) is 13.8 Å². The lowest BCUT2D eigenvalue weighted by molar-refractivity contribution is 0.102. The Morgan fingerprint density at radius 1 is 1.26 bits per heavy atom. The predicted molar refractivity (Wildman–Crippen MR) is 77.4 cm³/mol. The molecule has 0 bridgehead atoms. The van der Waals surface area contributed by atoms with E-state index in [1.165, 1.54) is 0 Å². The molecule has 1 N–H and O–H groups in total. The molecule has 98 valence electrons. The lowest BCUT2D eigenvalue weighted by Gasteiger charge is -2.10. The first-order valence-electron chi connectivity index (χ1n) is 6.00. The Morgan fingerprint density at radius 3 is 2.74 bits per heavy atom. The Bertz CT molecular complexity index is 558. The largest absolute Gasteiger partial charge is 0.321 e. The Hall–Kier alpha value is -1.88. The molecule has 5 heteroatoms. The number of nitrogens with zero attached hydrogens (tertiary/aromatic N) is 2. The molecule has 2 rings (SSSR count). The van der Waals surface area contributed by atoms with Gasteiger partial charge in [-0.05, 0) is 24.3 Å². The second kappa shape index (κ2) is 6.33. The van der Waals surface area contributed by atoms with Gasteiger partial charge in [0, 0.05) is 17.6 Å². The van der Waals surface area contributed by atoms with Gasteiger partial charge in [-0.25, -0.2) is 4.98 Å². The maximum absolute atomic E-state index is 12.2. The van der Waals surface area contributed by atoms with Crippen molar-refractivity contribution >= 4 is 23.4 Å². The van der Waals surface area contributed by atoms with Gasteiger partial charge in [-0.2, -0.15) is 0 Å². The van der Waals surface area contributed by atoms with Gasteiger partial charge in [0.25, 0.3) is 5.91 Å². The average molecular weight is 273 g/mol. The molecule has 0 aliphatic rings. The van der Waals surface area contributed by atoms with Crippen LogP contribution in [0.2, 0.25) is 0 Å². The second-order valence-corrected chi connectivity index (χ2v) is 5.78. The highest BCUT2D eigenvalue weighted by Gasteiger charge is 2.13. The van der Waals surface area contributed by atoms with Crippen molar-refractivity contribution in [3.05, 3.63) is 48.4 Å². The van der Waals surface area contributed by atoms with E-state index in [0.29, 0.717) is 16.5 Å². The molecule has 4 nitrogen and oxygen atoms in total. The molecule has 1 amide bonds. The number of thioether (sulfide) groups is 1. The fourth-order valence-corrected chi connectivity index (χ4v) is 2.37. The molecule has 0 saturated heterocycles. The molecule has 2 aromatic rings. The molecule has 0 aliphatic carbocycles. The van der Waals surface area contributed by atoms with Crippen LogP contribution in [0.15, 0.2) is 47.9 Å². The van der Waals surface area contributed by atoms with Gasteiger partial charge in [0.1, 0.15) is 5.03 Å². The second-order valence-electron chi connectivity index (χ2n) is 4.22. The predicted octanol–water partition coefficient (Wildman–Crippen LogP) is 3.23. The molecule has 0 aliphatic heterocycles. The number of amides is 1. The SMILES string of the molecule is CC(C)Sc1ncccc1C(=O)Nc1cccnc1. The minimum absolute atomic E-state index is 0.163. The van der Waals surface area contributed by atoms with Gasteiger partial charge in [-0.15, -0.1) is 11.8 Å². The van der Waals surface area contributed by atoms with Crippen molar-refractivity contribution in [2.24, 2.45) is 0 Å². The Labute approximate surface area is 116 Å². The summed E-state index contributed by atoms with van der Waals surface area (Å²) in [6, 6.07) is 7.13. The number of anilines is 1. The molecule has 2 aromatic heterocycles. The standard InChI is InChI=1S/C14H15N3OS/c1-10(2)19-14-12(6-4-8-16-14)13(18)17-11-5-3-7-15-9-11/h3-10H,1-2H3,(H,17,18). The Kier molecular flexibility index (Phi) is 4.52. The minimum atomic E-state index is -0.163. The van der Waals surface area contributed by atoms with E-state index in [-0.39, 0.29) is 5.91 Å². The van der Waals surface area contributed by atoms with Gasteiger partial charge < -0.3 is 5.32 Å². The fraction of sp³-hybridized carbons (Fsp3) is 0.214. The summed E-state index contributed by atoms with van der Waals surface area (Å²) in [5.74, 6) is -0.163. The quantitative estimate of drug-likeness (QED) is 0.869. The van der Waals surface area contributed by atoms with Gasteiger partial charge in [0.2, 0.25) is 0 Å². The summed E-state index contributed by atoms with van der Waals surface area (Å²) in [5.41, 5.74) is 1.27. The van der Waals surface area contributed by atoms with Crippen LogP contribution in [0.5, 0.6) is 0 Å². The summed E-state index contributed by atoms with van der Waals surface area (Å²) in [7, 11) is 0. The van der Waals surface area contributed by atoms with E-state index in [1.807, 2.05) is 0 Å². The minimum Gasteiger partial charge on any atom is -0.321 e. The third-order valence-corrected chi connectivity index (χ3v) is 3.30. The third kappa shape index (κ3) is 3.79. The molecule has 0 fully saturated rings. The maximum Gasteiger partial charge on any atom is 0.258 e. The zero-order chi connectivity index (χ0) is 13.7. The average Bonchev–Trinajstić information content (AvgIpc) is 2.39. The van der Waals surface area contributed by atoms with Crippen LogP contribution in [-0.4, -0.2) is 21.1 Å². The first-order valence-corrected chi connectivity index (χ1v) is 6.88. The molecule has 0 atom stereocenters. The highest BCUT2D eigenvalue weighted by Crippen LogP contribution is 2.24. The number of carbonyl (C=O) groups is 1. The first kappa shape index (κ1) is 13.5. The smallest absolute Gasteiger partial charge is 0.258 e. The highest BCUT2D eigenvalue weighted by molar-refractivity contribution is 7.99. The number of nitrogens with one attached hydrogen (secondary N) is 1. The van der Waals surface area contributed by atoms with Crippen molar-refractivity contribution in [3.63, 3.8) is 0 Å². The molecule has 0 saturated carbocycles. The van der Waals surface area contributed by atoms with Crippen molar-refractivity contribution in [1.29, 1.82) is 0 Å². The van der Waals surface area contributed by atoms with Crippen molar-refractivity contribution in [2.75, 3.05) is 5.32 Å². The van der Waals surface area contributed by atoms with Gasteiger partial charge in [-0.3, -0.25) is 9.78 Å². The molecule has 2 heterocycles. The highest BCUT2D eigenvalue weighted by atomic mass is 32.2. The summed E-state index contributed by atoms with van der Waals surface area (Å²) in [5, 5.41) is 3.94. The summed E-state index contributed by atoms with van der Waals surface area (Å²) in [6.45, 7) is 4.14.